The third-order valence-corrected chi connectivity index (χ3v) is 7.38. The van der Waals surface area contributed by atoms with Gasteiger partial charge in [-0.2, -0.15) is 17.7 Å². The molecule has 0 radical (unpaired) electrons. The summed E-state index contributed by atoms with van der Waals surface area (Å²) in [5, 5.41) is -0.263. The first-order valence-corrected chi connectivity index (χ1v) is 10.0. The van der Waals surface area contributed by atoms with Crippen LogP contribution < -0.4 is 0 Å². The Hall–Kier alpha value is -0.471. The van der Waals surface area contributed by atoms with Gasteiger partial charge in [0.2, 0.25) is 0 Å². The van der Waals surface area contributed by atoms with Crippen LogP contribution in [0.5, 0.6) is 0 Å². The summed E-state index contributed by atoms with van der Waals surface area (Å²) in [6.07, 6.45) is 1.64. The summed E-state index contributed by atoms with van der Waals surface area (Å²) in [7, 11) is 0.648. The molecule has 4 saturated heterocycles. The molecule has 6 atom stereocenters. The Morgan fingerprint density at radius 3 is 1.92 bits per heavy atom. The molecule has 4 aliphatic heterocycles. The maximum atomic E-state index is 6.52. The predicted molar refractivity (Wildman–Crippen MR) is 101 cm³/mol. The van der Waals surface area contributed by atoms with E-state index in [1.165, 1.54) is 5.56 Å². The van der Waals surface area contributed by atoms with Gasteiger partial charge in [0.05, 0.1) is 10.7 Å². The summed E-state index contributed by atoms with van der Waals surface area (Å²) >= 11 is 0. The number of hydrogen-bond donors (Lipinski definition) is 0. The first kappa shape index (κ1) is 20.3. The van der Waals surface area contributed by atoms with Gasteiger partial charge in [0.25, 0.3) is 0 Å². The van der Waals surface area contributed by atoms with Crippen molar-refractivity contribution >= 4 is 8.58 Å². The molecule has 4 fully saturated rings. The van der Waals surface area contributed by atoms with Crippen LogP contribution in [0.4, 0.5) is 0 Å². The quantitative estimate of drug-likeness (QED) is 0.379. The molecule has 0 aromatic heterocycles. The van der Waals surface area contributed by atoms with Crippen LogP contribution in [0.15, 0.2) is 54.6 Å². The van der Waals surface area contributed by atoms with Crippen LogP contribution >= 0.6 is 8.58 Å². The van der Waals surface area contributed by atoms with Gasteiger partial charge in [-0.05, 0) is 26.7 Å². The molecule has 0 N–H and O–H groups in total. The van der Waals surface area contributed by atoms with Gasteiger partial charge in [0.15, 0.2) is 11.6 Å². The summed E-state index contributed by atoms with van der Waals surface area (Å²) < 4.78 is 18.9. The Labute approximate surface area is 168 Å². The van der Waals surface area contributed by atoms with Crippen LogP contribution in [-0.2, 0) is 31.3 Å². The molecule has 0 spiro atoms. The topological polar surface area (TPSA) is 27.7 Å². The monoisotopic (exact) mass is 414 g/mol. The van der Waals surface area contributed by atoms with Gasteiger partial charge in [0, 0.05) is 29.9 Å². The SMILES string of the molecule is CC([c-]1cccc1)C12CC3(C)OC(C)(CC(C)(O3)P1)O2.[Fe].[cH-]1[cH-][cH-][cH-][cH-]1. The maximum Gasteiger partial charge on any atom is 0.173 e. The van der Waals surface area contributed by atoms with Gasteiger partial charge in [-0.15, -0.1) is 0 Å². The Morgan fingerprint density at radius 1 is 0.885 bits per heavy atom. The number of hydrogen-bond acceptors (Lipinski definition) is 3. The smallest absolute Gasteiger partial charge is 0.173 e. The molecule has 4 heterocycles. The van der Waals surface area contributed by atoms with Gasteiger partial charge in [-0.1, -0.05) is 15.5 Å². The summed E-state index contributed by atoms with van der Waals surface area (Å²) in [6, 6.07) is 18.6. The Kier molecular flexibility index (Phi) is 5.34. The summed E-state index contributed by atoms with van der Waals surface area (Å²) in [4.78, 5) is 0. The fraction of sp³-hybridized carbons (Fsp3) is 0.524. The third kappa shape index (κ3) is 3.61. The zero-order valence-corrected chi connectivity index (χ0v) is 17.9. The van der Waals surface area contributed by atoms with Crippen LogP contribution in [0.25, 0.3) is 0 Å². The minimum atomic E-state index is -0.508. The van der Waals surface area contributed by atoms with Crippen molar-refractivity contribution in [2.75, 3.05) is 0 Å². The van der Waals surface area contributed by atoms with E-state index in [-0.39, 0.29) is 27.8 Å². The van der Waals surface area contributed by atoms with E-state index in [4.69, 9.17) is 14.2 Å². The van der Waals surface area contributed by atoms with Gasteiger partial charge in [-0.25, -0.2) is 12.1 Å². The molecular weight excluding hydrogens is 387 g/mol. The standard InChI is InChI=1S/C16H22O3P.C5H5.Fe/c1-11(12-7-5-6-8-12)16-10-14(3)17-13(2,19-16)9-15(4,18-14)20-16;1-2-4-5-3-1;/h5-8,11,20H,9-10H2,1-4H3;1-5H;/q-1;-5;. The summed E-state index contributed by atoms with van der Waals surface area (Å²) in [5.74, 6) is -0.653. The molecule has 2 aromatic rings. The molecule has 0 saturated carbocycles. The van der Waals surface area contributed by atoms with Gasteiger partial charge in [-0.3, -0.25) is 0 Å². The average Bonchev–Trinajstić information content (AvgIpc) is 3.18. The molecule has 6 rings (SSSR count). The van der Waals surface area contributed by atoms with E-state index in [0.717, 1.165) is 12.8 Å². The van der Waals surface area contributed by atoms with Crippen LogP contribution in [0.2, 0.25) is 0 Å². The number of rotatable bonds is 2. The van der Waals surface area contributed by atoms with E-state index >= 15 is 0 Å². The largest absolute Gasteiger partial charge is 0.748 e. The van der Waals surface area contributed by atoms with Gasteiger partial charge in [0.1, 0.15) is 0 Å². The van der Waals surface area contributed by atoms with Crippen LogP contribution in [0.1, 0.15) is 52.0 Å². The Morgan fingerprint density at radius 2 is 1.42 bits per heavy atom. The molecular formula is C21H27FeO3P-6. The fourth-order valence-corrected chi connectivity index (χ4v) is 7.50. The summed E-state index contributed by atoms with van der Waals surface area (Å²) in [6.45, 7) is 8.65. The van der Waals surface area contributed by atoms with Crippen LogP contribution in [0.3, 0.4) is 0 Å². The first-order valence-electron chi connectivity index (χ1n) is 9.04. The zero-order chi connectivity index (χ0) is 17.8. The average molecular weight is 414 g/mol. The normalized spacial score (nSPS) is 42.0. The van der Waals surface area contributed by atoms with Crippen molar-refractivity contribution in [3.8, 4) is 0 Å². The van der Waals surface area contributed by atoms with E-state index in [9.17, 15) is 0 Å². The molecule has 0 aliphatic carbocycles. The minimum Gasteiger partial charge on any atom is -0.748 e. The molecule has 5 heteroatoms. The van der Waals surface area contributed by atoms with E-state index in [2.05, 4.69) is 52.0 Å². The Balaban J connectivity index is 0.000000285. The second kappa shape index (κ2) is 6.85. The summed E-state index contributed by atoms with van der Waals surface area (Å²) in [5.41, 5.74) is 1.36. The van der Waals surface area contributed by atoms with Crippen LogP contribution in [-0.4, -0.2) is 22.3 Å². The molecule has 3 nitrogen and oxygen atoms in total. The predicted octanol–water partition coefficient (Wildman–Crippen LogP) is 5.31. The molecule has 148 valence electrons. The minimum absolute atomic E-state index is 0. The van der Waals surface area contributed by atoms with Crippen molar-refractivity contribution in [2.24, 2.45) is 0 Å². The molecule has 2 aromatic carbocycles. The second-order valence-corrected chi connectivity index (χ2v) is 10.2. The van der Waals surface area contributed by atoms with Crippen LogP contribution in [0, 0.1) is 0 Å². The van der Waals surface area contributed by atoms with Gasteiger partial charge >= 0.3 is 0 Å². The molecule has 26 heavy (non-hydrogen) atoms. The number of ether oxygens (including phenoxy) is 3. The maximum absolute atomic E-state index is 6.52. The van der Waals surface area contributed by atoms with Crippen molar-refractivity contribution in [3.05, 3.63) is 60.2 Å². The first-order chi connectivity index (χ1) is 11.8. The third-order valence-electron chi connectivity index (χ3n) is 5.43. The van der Waals surface area contributed by atoms with Crippen molar-refractivity contribution in [2.45, 2.75) is 68.7 Å². The second-order valence-electron chi connectivity index (χ2n) is 8.07. The van der Waals surface area contributed by atoms with Gasteiger partial charge < -0.3 is 44.5 Å². The zero-order valence-electron chi connectivity index (χ0n) is 15.8. The molecule has 4 bridgehead atoms. The van der Waals surface area contributed by atoms with Crippen molar-refractivity contribution in [3.63, 3.8) is 0 Å². The molecule has 4 aliphatic rings. The Bertz CT molecular complexity index is 641. The van der Waals surface area contributed by atoms with E-state index < -0.39 is 11.6 Å². The van der Waals surface area contributed by atoms with Crippen molar-refractivity contribution in [1.82, 2.24) is 0 Å². The van der Waals surface area contributed by atoms with E-state index in [0.29, 0.717) is 14.5 Å². The molecule has 6 unspecified atom stereocenters. The van der Waals surface area contributed by atoms with Crippen molar-refractivity contribution < 1.29 is 31.3 Å². The van der Waals surface area contributed by atoms with E-state index in [1.54, 1.807) is 0 Å². The fourth-order valence-electron chi connectivity index (χ4n) is 4.87. The molecule has 0 amide bonds. The van der Waals surface area contributed by atoms with E-state index in [1.807, 2.05) is 30.3 Å². The van der Waals surface area contributed by atoms with Crippen molar-refractivity contribution in [1.29, 1.82) is 0 Å².